The molecule has 11 rings (SSSR count). The van der Waals surface area contributed by atoms with E-state index in [1.807, 2.05) is 108 Å². The molecular formula is C60H48N4O. The lowest BCUT2D eigenvalue weighted by molar-refractivity contribution is -0.571. The first-order chi connectivity index (χ1) is 35.9. The molecule has 0 radical (unpaired) electrons. The normalized spacial score (nSPS) is 14.4. The maximum absolute atomic E-state index is 9.13. The van der Waals surface area contributed by atoms with Crippen molar-refractivity contribution in [3.05, 3.63) is 224 Å². The van der Waals surface area contributed by atoms with Crippen LogP contribution in [0, 0.1) is 11.7 Å². The molecule has 11 aromatic rings. The average Bonchev–Trinajstić information content (AvgIpc) is 4.00. The zero-order chi connectivity index (χ0) is 52.8. The molecule has 0 fully saturated rings. The number of rotatable bonds is 9. The quantitative estimate of drug-likeness (QED) is 0.107. The lowest BCUT2D eigenvalue weighted by Crippen LogP contribution is -2.31. The number of hydrogen-bond donors (Lipinski definition) is 0. The minimum Gasteiger partial charge on any atom is -0.458 e. The molecule has 0 saturated carbocycles. The summed E-state index contributed by atoms with van der Waals surface area (Å²) in [6.45, 7) is 8.97. The van der Waals surface area contributed by atoms with E-state index in [4.69, 9.17) is 23.4 Å². The fraction of sp³-hybridized carbons (Fsp3) is 0.100. The molecule has 0 N–H and O–H groups in total. The third-order valence-corrected chi connectivity index (χ3v) is 12.3. The second kappa shape index (κ2) is 16.3. The van der Waals surface area contributed by atoms with E-state index in [2.05, 4.69) is 68.9 Å². The Morgan fingerprint density at radius 3 is 2.00 bits per heavy atom. The Morgan fingerprint density at radius 1 is 0.585 bits per heavy atom. The van der Waals surface area contributed by atoms with Crippen LogP contribution in [0.4, 0.5) is 0 Å². The molecule has 0 aliphatic heterocycles. The fourth-order valence-electron chi connectivity index (χ4n) is 8.64. The van der Waals surface area contributed by atoms with Gasteiger partial charge >= 0.3 is 0 Å². The molecule has 5 heteroatoms. The summed E-state index contributed by atoms with van der Waals surface area (Å²) in [5.74, 6) is 2.17. The van der Waals surface area contributed by atoms with Gasteiger partial charge in [0.15, 0.2) is 0 Å². The van der Waals surface area contributed by atoms with Gasteiger partial charge in [-0.3, -0.25) is 13.7 Å². The van der Waals surface area contributed by atoms with E-state index >= 15 is 0 Å². The molecule has 65 heavy (non-hydrogen) atoms. The summed E-state index contributed by atoms with van der Waals surface area (Å²) in [4.78, 5) is 4.89. The largest absolute Gasteiger partial charge is 0.458 e. The number of ether oxygens (including phenoxy) is 1. The highest BCUT2D eigenvalue weighted by Crippen LogP contribution is 2.39. The molecule has 1 unspecified atom stereocenters. The van der Waals surface area contributed by atoms with Gasteiger partial charge in [-0.2, -0.15) is 0 Å². The van der Waals surface area contributed by atoms with Crippen LogP contribution in [0.15, 0.2) is 212 Å². The number of nitrogens with zero attached hydrogens (tertiary/aromatic N) is 4. The number of fused-ring (bicyclic) bond motifs is 4. The van der Waals surface area contributed by atoms with Crippen molar-refractivity contribution in [3.63, 3.8) is 0 Å². The second-order valence-corrected chi connectivity index (χ2v) is 17.2. The van der Waals surface area contributed by atoms with Crippen molar-refractivity contribution >= 4 is 32.8 Å². The van der Waals surface area contributed by atoms with Gasteiger partial charge in [-0.15, -0.1) is 0 Å². The van der Waals surface area contributed by atoms with Gasteiger partial charge in [-0.1, -0.05) is 173 Å². The molecule has 1 atom stereocenters. The van der Waals surface area contributed by atoms with Crippen molar-refractivity contribution in [2.24, 2.45) is 5.41 Å². The number of pyridine rings is 1. The van der Waals surface area contributed by atoms with E-state index < -0.39 is 60.4 Å². The minimum atomic E-state index is -0.571. The number of benzene rings is 8. The van der Waals surface area contributed by atoms with Crippen LogP contribution in [0.3, 0.4) is 0 Å². The van der Waals surface area contributed by atoms with Gasteiger partial charge in [0.25, 0.3) is 6.33 Å². The number of aromatic nitrogens is 4. The fourth-order valence-corrected chi connectivity index (χ4v) is 8.64. The van der Waals surface area contributed by atoms with E-state index in [9.17, 15) is 0 Å². The first-order valence-electron chi connectivity index (χ1n) is 26.5. The van der Waals surface area contributed by atoms with E-state index in [0.717, 1.165) is 38.8 Å². The highest BCUT2D eigenvalue weighted by molar-refractivity contribution is 6.09. The van der Waals surface area contributed by atoms with Crippen LogP contribution < -0.4 is 9.30 Å². The summed E-state index contributed by atoms with van der Waals surface area (Å²) >= 11 is 0. The first kappa shape index (κ1) is 30.1. The summed E-state index contributed by atoms with van der Waals surface area (Å²) in [7, 11) is 0. The van der Waals surface area contributed by atoms with Crippen molar-refractivity contribution in [2.45, 2.75) is 33.6 Å². The molecular weight excluding hydrogens is 793 g/mol. The van der Waals surface area contributed by atoms with Crippen molar-refractivity contribution in [1.29, 1.82) is 0 Å². The predicted molar refractivity (Wildman–Crippen MR) is 266 cm³/mol. The molecule has 3 aromatic heterocycles. The summed E-state index contributed by atoms with van der Waals surface area (Å²) in [6, 6.07) is 41.3. The third kappa shape index (κ3) is 7.35. The Balaban J connectivity index is 1.12. The number of imidazole rings is 1. The van der Waals surface area contributed by atoms with Crippen LogP contribution in [-0.2, 0) is 0 Å². The Kier molecular flexibility index (Phi) is 7.54. The maximum atomic E-state index is 9.13. The highest BCUT2D eigenvalue weighted by atomic mass is 16.5. The minimum absolute atomic E-state index is 0.0415. The van der Waals surface area contributed by atoms with Crippen LogP contribution >= 0.6 is 0 Å². The Bertz CT molecular complexity index is 3980. The van der Waals surface area contributed by atoms with E-state index in [1.165, 1.54) is 5.56 Å². The Hall–Kier alpha value is -8.02. The van der Waals surface area contributed by atoms with E-state index in [0.29, 0.717) is 28.2 Å². The summed E-state index contributed by atoms with van der Waals surface area (Å²) in [6.07, 6.45) is 5.39. The van der Waals surface area contributed by atoms with Crippen molar-refractivity contribution in [2.75, 3.05) is 0 Å². The van der Waals surface area contributed by atoms with Crippen LogP contribution in [0.5, 0.6) is 11.5 Å². The van der Waals surface area contributed by atoms with E-state index in [-0.39, 0.29) is 39.3 Å². The van der Waals surface area contributed by atoms with Gasteiger partial charge in [0.05, 0.1) is 47.1 Å². The monoisotopic (exact) mass is 850 g/mol. The molecule has 0 bridgehead atoms. The maximum Gasteiger partial charge on any atom is 0.269 e. The van der Waals surface area contributed by atoms with Crippen molar-refractivity contribution in [3.8, 4) is 62.1 Å². The predicted octanol–water partition coefficient (Wildman–Crippen LogP) is 15.1. The number of hydrogen-bond acceptors (Lipinski definition) is 2. The molecule has 0 spiro atoms. The average molecular weight is 851 g/mol. The Labute approximate surface area is 394 Å². The van der Waals surface area contributed by atoms with Gasteiger partial charge in [0.2, 0.25) is 0 Å². The van der Waals surface area contributed by atoms with Crippen LogP contribution in [-0.4, -0.2) is 14.1 Å². The second-order valence-electron chi connectivity index (χ2n) is 17.2. The molecule has 0 amide bonds. The molecule has 314 valence electrons. The molecule has 0 aliphatic carbocycles. The summed E-state index contributed by atoms with van der Waals surface area (Å²) in [5.41, 5.74) is 6.99. The standard InChI is InChI=1S/C60H48N4O/c1-41(60(2,3)4)45-34-35-61-58(37-45)64-54-29-15-14-26-52(54)53-32-31-49(39-56(53)64)65-48-25-16-24-47(38-48)62-40-63(55-33-30-46(36-57(55)62)42-18-8-5-9-19-42)59-50(43-20-10-6-11-21-43)27-17-28-51(59)44-22-12-7-13-23-44/h5-39,41H,1-4H3/i6D,7D,10D,11D,12D,13D,20D,21D,22D,23D. The molecule has 0 aliphatic rings. The highest BCUT2D eigenvalue weighted by Gasteiger charge is 2.24. The Morgan fingerprint density at radius 2 is 1.26 bits per heavy atom. The van der Waals surface area contributed by atoms with Gasteiger partial charge in [0.1, 0.15) is 17.3 Å². The van der Waals surface area contributed by atoms with Gasteiger partial charge in [-0.25, -0.2) is 4.98 Å². The van der Waals surface area contributed by atoms with Crippen LogP contribution in [0.2, 0.25) is 0 Å². The van der Waals surface area contributed by atoms with Crippen molar-refractivity contribution in [1.82, 2.24) is 14.1 Å². The topological polar surface area (TPSA) is 35.9 Å². The van der Waals surface area contributed by atoms with Gasteiger partial charge in [0, 0.05) is 23.0 Å². The van der Waals surface area contributed by atoms with Crippen molar-refractivity contribution < 1.29 is 23.0 Å². The van der Waals surface area contributed by atoms with E-state index in [1.54, 1.807) is 22.8 Å². The van der Waals surface area contributed by atoms with Gasteiger partial charge < -0.3 is 4.74 Å². The zero-order valence-corrected chi connectivity index (χ0v) is 36.2. The summed E-state index contributed by atoms with van der Waals surface area (Å²) < 4.78 is 100. The SMILES string of the molecule is [2H]c1c([2H])c([2H])c(-c2cccc(-c3c([2H])c([2H])c([2H])c([2H])c3[2H])c2-[n+]2[c-]n(-c3cccc(Oc4ccc5c6ccccc6n(-c6cc(C(C)C(C)(C)C)ccn6)c5c4)c3)c3cc(-c4ccccc4)ccc32)c([2H])c1[2H]. The molecule has 3 heterocycles. The van der Waals surface area contributed by atoms with Crippen LogP contribution in [0.1, 0.15) is 52.9 Å². The van der Waals surface area contributed by atoms with Crippen LogP contribution in [0.25, 0.3) is 83.4 Å². The first-order valence-corrected chi connectivity index (χ1v) is 21.5. The molecule has 8 aromatic carbocycles. The lowest BCUT2D eigenvalue weighted by Gasteiger charge is -2.27. The van der Waals surface area contributed by atoms with Gasteiger partial charge in [-0.05, 0) is 105 Å². The summed E-state index contributed by atoms with van der Waals surface area (Å²) in [5, 5.41) is 2.13. The number of para-hydroxylation sites is 2. The zero-order valence-electron chi connectivity index (χ0n) is 46.2. The lowest BCUT2D eigenvalue weighted by atomic mass is 9.78. The smallest absolute Gasteiger partial charge is 0.269 e. The third-order valence-electron chi connectivity index (χ3n) is 12.3. The molecule has 5 nitrogen and oxygen atoms in total. The molecule has 0 saturated heterocycles.